The third-order valence-electron chi connectivity index (χ3n) is 3.76. The minimum Gasteiger partial charge on any atom is -0.481 e. The van der Waals surface area contributed by atoms with Gasteiger partial charge < -0.3 is 15.3 Å². The standard InChI is InChI=1S/C14H20N2O3S/c1-10-8-12(13(17)18)3-6-16(10)14(19)15-5-2-11-4-7-20-9-11/h4,7,9-10,12H,2-3,5-6,8H2,1H3,(H,15,19)(H,17,18). The Morgan fingerprint density at radius 2 is 2.35 bits per heavy atom. The second kappa shape index (κ2) is 6.74. The summed E-state index contributed by atoms with van der Waals surface area (Å²) in [5.74, 6) is -1.07. The van der Waals surface area contributed by atoms with Crippen molar-refractivity contribution in [2.75, 3.05) is 13.1 Å². The number of carbonyl (C=O) groups is 2. The van der Waals surface area contributed by atoms with Crippen LogP contribution in [0.4, 0.5) is 4.79 Å². The summed E-state index contributed by atoms with van der Waals surface area (Å²) in [6.45, 7) is 3.04. The Kier molecular flexibility index (Phi) is 5.00. The first-order valence-corrected chi connectivity index (χ1v) is 7.80. The van der Waals surface area contributed by atoms with Crippen molar-refractivity contribution in [1.29, 1.82) is 0 Å². The van der Waals surface area contributed by atoms with E-state index >= 15 is 0 Å². The van der Waals surface area contributed by atoms with Gasteiger partial charge in [0.15, 0.2) is 0 Å². The number of likely N-dealkylation sites (tertiary alicyclic amines) is 1. The topological polar surface area (TPSA) is 69.6 Å². The molecule has 5 nitrogen and oxygen atoms in total. The number of thiophene rings is 1. The van der Waals surface area contributed by atoms with E-state index in [0.29, 0.717) is 25.9 Å². The number of carbonyl (C=O) groups excluding carboxylic acids is 1. The average molecular weight is 296 g/mol. The third-order valence-corrected chi connectivity index (χ3v) is 4.49. The first-order chi connectivity index (χ1) is 9.58. The molecule has 2 amide bonds. The Hall–Kier alpha value is -1.56. The Bertz CT molecular complexity index is 461. The second-order valence-corrected chi connectivity index (χ2v) is 6.00. The summed E-state index contributed by atoms with van der Waals surface area (Å²) >= 11 is 1.65. The van der Waals surface area contributed by atoms with E-state index < -0.39 is 5.97 Å². The van der Waals surface area contributed by atoms with Gasteiger partial charge in [0.05, 0.1) is 5.92 Å². The lowest BCUT2D eigenvalue weighted by Gasteiger charge is -2.36. The Labute approximate surface area is 122 Å². The van der Waals surface area contributed by atoms with Crippen LogP contribution in [0.3, 0.4) is 0 Å². The molecule has 2 rings (SSSR count). The van der Waals surface area contributed by atoms with Crippen LogP contribution in [0.1, 0.15) is 25.3 Å². The van der Waals surface area contributed by atoms with Crippen LogP contribution in [0.5, 0.6) is 0 Å². The molecule has 1 saturated heterocycles. The first kappa shape index (κ1) is 14.8. The highest BCUT2D eigenvalue weighted by Crippen LogP contribution is 2.22. The van der Waals surface area contributed by atoms with Crippen LogP contribution in [0.2, 0.25) is 0 Å². The number of nitrogens with zero attached hydrogens (tertiary/aromatic N) is 1. The Morgan fingerprint density at radius 3 is 2.95 bits per heavy atom. The van der Waals surface area contributed by atoms with Gasteiger partial charge >= 0.3 is 12.0 Å². The molecule has 0 aromatic carbocycles. The summed E-state index contributed by atoms with van der Waals surface area (Å²) in [5, 5.41) is 16.0. The van der Waals surface area contributed by atoms with E-state index in [1.165, 1.54) is 5.56 Å². The zero-order valence-electron chi connectivity index (χ0n) is 11.5. The van der Waals surface area contributed by atoms with Crippen LogP contribution in [0.25, 0.3) is 0 Å². The molecule has 1 aromatic rings. The molecule has 0 spiro atoms. The molecular weight excluding hydrogens is 276 g/mol. The molecule has 2 heterocycles. The summed E-state index contributed by atoms with van der Waals surface area (Å²) in [7, 11) is 0. The molecule has 1 aliphatic heterocycles. The molecule has 2 atom stereocenters. The van der Waals surface area contributed by atoms with Gasteiger partial charge in [-0.05, 0) is 48.6 Å². The molecule has 2 N–H and O–H groups in total. The maximum atomic E-state index is 12.1. The largest absolute Gasteiger partial charge is 0.481 e. The van der Waals surface area contributed by atoms with Crippen molar-refractivity contribution < 1.29 is 14.7 Å². The summed E-state index contributed by atoms with van der Waals surface area (Å²) < 4.78 is 0. The van der Waals surface area contributed by atoms with E-state index in [4.69, 9.17) is 5.11 Å². The van der Waals surface area contributed by atoms with Crippen LogP contribution >= 0.6 is 11.3 Å². The molecule has 110 valence electrons. The molecule has 6 heteroatoms. The maximum Gasteiger partial charge on any atom is 0.317 e. The fourth-order valence-electron chi connectivity index (χ4n) is 2.55. The van der Waals surface area contributed by atoms with Crippen molar-refractivity contribution in [2.24, 2.45) is 5.92 Å². The number of nitrogens with one attached hydrogen (secondary N) is 1. The van der Waals surface area contributed by atoms with E-state index in [1.54, 1.807) is 16.2 Å². The normalized spacial score (nSPS) is 22.6. The number of hydrogen-bond acceptors (Lipinski definition) is 3. The van der Waals surface area contributed by atoms with Gasteiger partial charge in [-0.1, -0.05) is 0 Å². The van der Waals surface area contributed by atoms with Crippen molar-refractivity contribution in [1.82, 2.24) is 10.2 Å². The van der Waals surface area contributed by atoms with Gasteiger partial charge in [-0.3, -0.25) is 4.79 Å². The fraction of sp³-hybridized carbons (Fsp3) is 0.571. The number of rotatable bonds is 4. The predicted molar refractivity (Wildman–Crippen MR) is 77.9 cm³/mol. The van der Waals surface area contributed by atoms with E-state index in [0.717, 1.165) is 6.42 Å². The van der Waals surface area contributed by atoms with Crippen LogP contribution in [-0.4, -0.2) is 41.1 Å². The van der Waals surface area contributed by atoms with Crippen LogP contribution in [0.15, 0.2) is 16.8 Å². The van der Waals surface area contributed by atoms with Gasteiger partial charge in [-0.2, -0.15) is 11.3 Å². The lowest BCUT2D eigenvalue weighted by molar-refractivity contribution is -0.143. The summed E-state index contributed by atoms with van der Waals surface area (Å²) in [6.07, 6.45) is 1.90. The van der Waals surface area contributed by atoms with E-state index in [2.05, 4.69) is 16.8 Å². The van der Waals surface area contributed by atoms with Crippen molar-refractivity contribution in [3.63, 3.8) is 0 Å². The van der Waals surface area contributed by atoms with Crippen molar-refractivity contribution in [3.8, 4) is 0 Å². The number of carboxylic acids is 1. The number of piperidine rings is 1. The van der Waals surface area contributed by atoms with Crippen molar-refractivity contribution in [2.45, 2.75) is 32.2 Å². The zero-order chi connectivity index (χ0) is 14.5. The van der Waals surface area contributed by atoms with E-state index in [1.807, 2.05) is 12.3 Å². The lowest BCUT2D eigenvalue weighted by Crippen LogP contribution is -2.50. The number of hydrogen-bond donors (Lipinski definition) is 2. The first-order valence-electron chi connectivity index (χ1n) is 6.86. The fourth-order valence-corrected chi connectivity index (χ4v) is 3.25. The minimum absolute atomic E-state index is 0.0222. The van der Waals surface area contributed by atoms with Gasteiger partial charge in [0.1, 0.15) is 0 Å². The molecule has 20 heavy (non-hydrogen) atoms. The van der Waals surface area contributed by atoms with Crippen LogP contribution in [0, 0.1) is 5.92 Å². The molecule has 1 aliphatic rings. The highest BCUT2D eigenvalue weighted by atomic mass is 32.1. The molecule has 0 bridgehead atoms. The molecule has 1 fully saturated rings. The van der Waals surface area contributed by atoms with Gasteiger partial charge in [0.2, 0.25) is 0 Å². The van der Waals surface area contributed by atoms with E-state index in [9.17, 15) is 9.59 Å². The maximum absolute atomic E-state index is 12.1. The average Bonchev–Trinajstić information content (AvgIpc) is 2.91. The highest BCUT2D eigenvalue weighted by molar-refractivity contribution is 7.07. The molecule has 1 aromatic heterocycles. The Morgan fingerprint density at radius 1 is 1.55 bits per heavy atom. The lowest BCUT2D eigenvalue weighted by atomic mass is 9.92. The van der Waals surface area contributed by atoms with Gasteiger partial charge in [-0.25, -0.2) is 4.79 Å². The molecular formula is C14H20N2O3S. The number of carboxylic acid groups (broad SMARTS) is 1. The molecule has 0 aliphatic carbocycles. The quantitative estimate of drug-likeness (QED) is 0.894. The highest BCUT2D eigenvalue weighted by Gasteiger charge is 2.31. The van der Waals surface area contributed by atoms with Crippen molar-refractivity contribution >= 4 is 23.3 Å². The van der Waals surface area contributed by atoms with Gasteiger partial charge in [0, 0.05) is 19.1 Å². The molecule has 0 radical (unpaired) electrons. The van der Waals surface area contributed by atoms with Crippen LogP contribution in [-0.2, 0) is 11.2 Å². The Balaban J connectivity index is 1.76. The van der Waals surface area contributed by atoms with Gasteiger partial charge in [0.25, 0.3) is 0 Å². The minimum atomic E-state index is -0.755. The predicted octanol–water partition coefficient (Wildman–Crippen LogP) is 2.19. The monoisotopic (exact) mass is 296 g/mol. The SMILES string of the molecule is CC1CC(C(=O)O)CCN1C(=O)NCCc1ccsc1. The number of aliphatic carboxylic acids is 1. The second-order valence-electron chi connectivity index (χ2n) is 5.22. The van der Waals surface area contributed by atoms with Crippen LogP contribution < -0.4 is 5.32 Å². The molecule has 2 unspecified atom stereocenters. The summed E-state index contributed by atoms with van der Waals surface area (Å²) in [4.78, 5) is 24.8. The smallest absolute Gasteiger partial charge is 0.317 e. The van der Waals surface area contributed by atoms with Gasteiger partial charge in [-0.15, -0.1) is 0 Å². The van der Waals surface area contributed by atoms with Crippen molar-refractivity contribution in [3.05, 3.63) is 22.4 Å². The summed E-state index contributed by atoms with van der Waals surface area (Å²) in [5.41, 5.74) is 1.23. The molecule has 0 saturated carbocycles. The van der Waals surface area contributed by atoms with E-state index in [-0.39, 0.29) is 18.0 Å². The summed E-state index contributed by atoms with van der Waals surface area (Å²) in [6, 6.07) is 1.94. The third kappa shape index (κ3) is 3.72. The zero-order valence-corrected chi connectivity index (χ0v) is 12.4. The number of amides is 2. The number of urea groups is 1.